The second-order valence-corrected chi connectivity index (χ2v) is 14.3. The zero-order chi connectivity index (χ0) is 32.0. The number of hydrogen-bond donors (Lipinski definition) is 1. The maximum Gasteiger partial charge on any atom is 0.495 e. The van der Waals surface area contributed by atoms with Gasteiger partial charge in [0.15, 0.2) is 0 Å². The van der Waals surface area contributed by atoms with Crippen LogP contribution in [0.1, 0.15) is 77.6 Å². The number of fused-ring (bicyclic) bond motifs is 8. The number of para-hydroxylation sites is 2. The van der Waals surface area contributed by atoms with E-state index in [1.54, 1.807) is 21.3 Å². The molecule has 6 nitrogen and oxygen atoms in total. The van der Waals surface area contributed by atoms with Crippen LogP contribution in [0.15, 0.2) is 84.9 Å². The van der Waals surface area contributed by atoms with Crippen molar-refractivity contribution in [2.45, 2.75) is 83.2 Å². The maximum atomic E-state index is 10.9. The van der Waals surface area contributed by atoms with Crippen LogP contribution in [-0.2, 0) is 19.4 Å². The molecule has 3 aliphatic heterocycles. The summed E-state index contributed by atoms with van der Waals surface area (Å²) in [6, 6.07) is 28.5. The fourth-order valence-corrected chi connectivity index (χ4v) is 6.47. The Morgan fingerprint density at radius 3 is 1.69 bits per heavy atom. The van der Waals surface area contributed by atoms with Gasteiger partial charge in [-0.1, -0.05) is 60.7 Å². The number of aliphatic hydroxyl groups is 1. The van der Waals surface area contributed by atoms with Gasteiger partial charge in [0, 0.05) is 22.3 Å². The van der Waals surface area contributed by atoms with Crippen LogP contribution in [0.2, 0.25) is 0 Å². The molecule has 1 saturated heterocycles. The predicted octanol–water partition coefficient (Wildman–Crippen LogP) is 6.39. The van der Waals surface area contributed by atoms with Gasteiger partial charge >= 0.3 is 14.6 Å². The third-order valence-corrected chi connectivity index (χ3v) is 10.3. The molecule has 4 aromatic carbocycles. The van der Waals surface area contributed by atoms with Crippen molar-refractivity contribution in [2.75, 3.05) is 0 Å². The predicted molar refractivity (Wildman–Crippen MR) is 177 cm³/mol. The van der Waals surface area contributed by atoms with Crippen LogP contribution < -0.4 is 20.4 Å². The Bertz CT molecular complexity index is 1750. The van der Waals surface area contributed by atoms with Crippen molar-refractivity contribution in [3.05, 3.63) is 107 Å². The highest BCUT2D eigenvalue weighted by atomic mass is 16.7. The zero-order valence-electron chi connectivity index (χ0n) is 27.2. The highest BCUT2D eigenvalue weighted by Gasteiger charge is 2.57. The quantitative estimate of drug-likeness (QED) is 0.231. The summed E-state index contributed by atoms with van der Waals surface area (Å²) >= 11 is 0. The number of ether oxygens (including phenoxy) is 2. The van der Waals surface area contributed by atoms with Crippen LogP contribution in [-0.4, -0.2) is 42.1 Å². The summed E-state index contributed by atoms with van der Waals surface area (Å²) in [6.07, 6.45) is 0. The minimum absolute atomic E-state index is 0.540. The first-order valence-corrected chi connectivity index (χ1v) is 15.6. The highest BCUT2D eigenvalue weighted by molar-refractivity contribution is 6.63. The molecule has 1 radical (unpaired) electrons. The first-order valence-electron chi connectivity index (χ1n) is 15.6. The third-order valence-electron chi connectivity index (χ3n) is 10.3. The molecule has 0 amide bonds. The summed E-state index contributed by atoms with van der Waals surface area (Å²) < 4.78 is 33.2. The van der Waals surface area contributed by atoms with Gasteiger partial charge in [-0.15, -0.1) is 0 Å². The molecule has 4 aromatic rings. The summed E-state index contributed by atoms with van der Waals surface area (Å²) in [5, 5.41) is 10.9. The van der Waals surface area contributed by atoms with Gasteiger partial charge in [0.25, 0.3) is 0 Å². The van der Waals surface area contributed by atoms with Gasteiger partial charge in [-0.3, -0.25) is 0 Å². The van der Waals surface area contributed by atoms with Crippen molar-refractivity contribution in [3.8, 4) is 23.0 Å². The Morgan fingerprint density at radius 1 is 0.644 bits per heavy atom. The molecule has 1 N–H and O–H groups in total. The Morgan fingerprint density at radius 2 is 1.13 bits per heavy atom. The first kappa shape index (κ1) is 30.1. The van der Waals surface area contributed by atoms with Crippen LogP contribution in [0.25, 0.3) is 0 Å². The van der Waals surface area contributed by atoms with E-state index in [4.69, 9.17) is 23.4 Å². The molecule has 45 heavy (non-hydrogen) atoms. The standard InChI is InChI=1S/C37H39B2O6/c1-33(2,40)34(3,4)43-38-25-17-13-21-29-31(25)37(23-15-9-11-19-27(23)41-29)24-16-10-12-20-28(24)42-30-22-14-18-26(32(30)37)39-44-35(5,6)36(7,8)45-39/h9-22,40H,1-8H3. The van der Waals surface area contributed by atoms with Gasteiger partial charge in [-0.2, -0.15) is 0 Å². The molecule has 7 rings (SSSR count). The van der Waals surface area contributed by atoms with E-state index in [1.165, 1.54) is 0 Å². The van der Waals surface area contributed by atoms with Crippen molar-refractivity contribution >= 4 is 25.5 Å². The summed E-state index contributed by atoms with van der Waals surface area (Å²) in [7, 11) is 1.11. The topological polar surface area (TPSA) is 66.4 Å². The lowest BCUT2D eigenvalue weighted by atomic mass is 9.55. The van der Waals surface area contributed by atoms with Crippen molar-refractivity contribution in [1.29, 1.82) is 0 Å². The van der Waals surface area contributed by atoms with E-state index in [0.29, 0.717) is 5.75 Å². The molecular weight excluding hydrogens is 562 g/mol. The minimum atomic E-state index is -1.10. The van der Waals surface area contributed by atoms with E-state index in [1.807, 2.05) is 80.6 Å². The Balaban J connectivity index is 1.56. The summed E-state index contributed by atoms with van der Waals surface area (Å²) in [5.41, 5.74) is 1.55. The Hall–Kier alpha value is -3.55. The van der Waals surface area contributed by atoms with Crippen molar-refractivity contribution in [3.63, 3.8) is 0 Å². The molecule has 0 saturated carbocycles. The molecular formula is C37H39B2O6. The van der Waals surface area contributed by atoms with E-state index in [-0.39, 0.29) is 0 Å². The summed E-state index contributed by atoms with van der Waals surface area (Å²) in [4.78, 5) is 0. The van der Waals surface area contributed by atoms with E-state index < -0.39 is 34.9 Å². The molecule has 0 aromatic heterocycles. The highest BCUT2D eigenvalue weighted by Crippen LogP contribution is 2.60. The SMILES string of the molecule is CC(C)(O)C(C)(C)O[B]c1cccc2c1C1(c3ccccc3O2)c2ccccc2Oc2cccc(B3OC(C)(C)C(C)(C)O3)c21. The van der Waals surface area contributed by atoms with Crippen LogP contribution in [0, 0.1) is 0 Å². The molecule has 1 atom stereocenters. The second kappa shape index (κ2) is 9.97. The maximum absolute atomic E-state index is 10.9. The van der Waals surface area contributed by atoms with E-state index in [9.17, 15) is 5.11 Å². The van der Waals surface area contributed by atoms with Gasteiger partial charge < -0.3 is 28.5 Å². The smallest absolute Gasteiger partial charge is 0.457 e. The third kappa shape index (κ3) is 4.41. The normalized spacial score (nSPS) is 20.8. The van der Waals surface area contributed by atoms with Crippen LogP contribution in [0.3, 0.4) is 0 Å². The number of rotatable bonds is 5. The molecule has 1 spiro atoms. The average Bonchev–Trinajstić information content (AvgIpc) is 3.21. The first-order chi connectivity index (χ1) is 21.2. The number of hydrogen-bond acceptors (Lipinski definition) is 6. The second-order valence-electron chi connectivity index (χ2n) is 14.3. The molecule has 3 aliphatic rings. The molecule has 229 valence electrons. The Kier molecular flexibility index (Phi) is 6.68. The number of benzene rings is 4. The zero-order valence-corrected chi connectivity index (χ0v) is 27.2. The van der Waals surface area contributed by atoms with Crippen LogP contribution >= 0.6 is 0 Å². The largest absolute Gasteiger partial charge is 0.495 e. The summed E-state index contributed by atoms with van der Waals surface area (Å²) in [6.45, 7) is 15.5. The van der Waals surface area contributed by atoms with Crippen molar-refractivity contribution in [2.24, 2.45) is 0 Å². The fourth-order valence-electron chi connectivity index (χ4n) is 6.47. The van der Waals surface area contributed by atoms with Gasteiger partial charge in [-0.05, 0) is 90.6 Å². The van der Waals surface area contributed by atoms with E-state index in [2.05, 4.69) is 45.9 Å². The minimum Gasteiger partial charge on any atom is -0.457 e. The fraction of sp³-hybridized carbons (Fsp3) is 0.351. The molecule has 0 aliphatic carbocycles. The van der Waals surface area contributed by atoms with Gasteiger partial charge in [0.1, 0.15) is 23.0 Å². The average molecular weight is 601 g/mol. The monoisotopic (exact) mass is 601 g/mol. The van der Waals surface area contributed by atoms with Crippen LogP contribution in [0.5, 0.6) is 23.0 Å². The van der Waals surface area contributed by atoms with Gasteiger partial charge in [0.05, 0.1) is 27.8 Å². The molecule has 1 unspecified atom stereocenters. The molecule has 8 heteroatoms. The van der Waals surface area contributed by atoms with Crippen molar-refractivity contribution in [1.82, 2.24) is 0 Å². The van der Waals surface area contributed by atoms with Gasteiger partial charge in [0.2, 0.25) is 0 Å². The van der Waals surface area contributed by atoms with Gasteiger partial charge in [-0.25, -0.2) is 0 Å². The summed E-state index contributed by atoms with van der Waals surface area (Å²) in [5.74, 6) is 2.94. The Labute approximate surface area is 267 Å². The lowest BCUT2D eigenvalue weighted by Gasteiger charge is -2.47. The molecule has 1 fully saturated rings. The van der Waals surface area contributed by atoms with Crippen LogP contribution in [0.4, 0.5) is 0 Å². The van der Waals surface area contributed by atoms with E-state index in [0.717, 1.165) is 50.4 Å². The van der Waals surface area contributed by atoms with Crippen molar-refractivity contribution < 1.29 is 28.5 Å². The lowest BCUT2D eigenvalue weighted by Crippen LogP contribution is -2.51. The molecule has 0 bridgehead atoms. The lowest BCUT2D eigenvalue weighted by molar-refractivity contribution is -0.0893. The molecule has 3 heterocycles. The van der Waals surface area contributed by atoms with E-state index >= 15 is 0 Å².